The van der Waals surface area contributed by atoms with Gasteiger partial charge in [-0.2, -0.15) is 0 Å². The van der Waals surface area contributed by atoms with Crippen molar-refractivity contribution in [2.45, 2.75) is 6.04 Å². The van der Waals surface area contributed by atoms with Gasteiger partial charge >= 0.3 is 0 Å². The Morgan fingerprint density at radius 2 is 2.50 bits per heavy atom. The van der Waals surface area contributed by atoms with Crippen LogP contribution in [0.25, 0.3) is 0 Å². The summed E-state index contributed by atoms with van der Waals surface area (Å²) in [7, 11) is 1.59. The molecule has 0 aromatic carbocycles. The Labute approximate surface area is 93.5 Å². The molecule has 16 heavy (non-hydrogen) atoms. The average Bonchev–Trinajstić information content (AvgIpc) is 2.70. The van der Waals surface area contributed by atoms with Crippen LogP contribution in [0.5, 0.6) is 0 Å². The van der Waals surface area contributed by atoms with Crippen LogP contribution >= 0.6 is 0 Å². The molecule has 0 aromatic heterocycles. The van der Waals surface area contributed by atoms with Gasteiger partial charge in [0.2, 0.25) is 5.78 Å². The van der Waals surface area contributed by atoms with Crippen molar-refractivity contribution in [2.75, 3.05) is 33.5 Å². The molecule has 6 heteroatoms. The first kappa shape index (κ1) is 12.7. The summed E-state index contributed by atoms with van der Waals surface area (Å²) < 4.78 is 14.4. The van der Waals surface area contributed by atoms with Gasteiger partial charge in [0.05, 0.1) is 24.5 Å². The first-order valence-electron chi connectivity index (χ1n) is 4.92. The summed E-state index contributed by atoms with van der Waals surface area (Å²) in [6.45, 7) is 1.59. The second kappa shape index (κ2) is 6.97. The molecule has 0 spiro atoms. The predicted octanol–water partition coefficient (Wildman–Crippen LogP) is -0.753. The highest BCUT2D eigenvalue weighted by molar-refractivity contribution is 5.98. The van der Waals surface area contributed by atoms with Crippen LogP contribution in [0.2, 0.25) is 0 Å². The maximum Gasteiger partial charge on any atom is 0.293 e. The number of Topliss-reactive ketones (excluding diaryl/α,β-unsaturated/α-hetero) is 1. The van der Waals surface area contributed by atoms with Gasteiger partial charge in [-0.05, 0) is 0 Å². The van der Waals surface area contributed by atoms with Gasteiger partial charge in [0.25, 0.3) is 6.47 Å². The third kappa shape index (κ3) is 3.63. The number of hydrogen-bond acceptors (Lipinski definition) is 6. The zero-order chi connectivity index (χ0) is 11.8. The van der Waals surface area contributed by atoms with Gasteiger partial charge < -0.3 is 19.5 Å². The Bertz CT molecular complexity index is 276. The fourth-order valence-corrected chi connectivity index (χ4v) is 1.36. The molecule has 0 saturated heterocycles. The van der Waals surface area contributed by atoms with E-state index in [2.05, 4.69) is 10.1 Å². The zero-order valence-corrected chi connectivity index (χ0v) is 9.10. The number of ether oxygens (including phenoxy) is 3. The molecule has 1 N–H and O–H groups in total. The van der Waals surface area contributed by atoms with Gasteiger partial charge in [-0.25, -0.2) is 0 Å². The minimum Gasteiger partial charge on any atom is -0.493 e. The van der Waals surface area contributed by atoms with Crippen molar-refractivity contribution < 1.29 is 23.8 Å². The molecule has 0 radical (unpaired) electrons. The van der Waals surface area contributed by atoms with Crippen LogP contribution in [-0.4, -0.2) is 51.8 Å². The molecule has 0 bridgehead atoms. The average molecular weight is 229 g/mol. The standard InChI is InChI=1S/C10H15NO5/c1-14-3-2-11-9(5-16-7-12)8-4-15-6-10(8)13/h4,7,9,11H,2-3,5-6H2,1H3. The normalized spacial score (nSPS) is 16.6. The maximum atomic E-state index is 11.4. The largest absolute Gasteiger partial charge is 0.493 e. The summed E-state index contributed by atoms with van der Waals surface area (Å²) in [6.07, 6.45) is 1.40. The molecule has 1 aliphatic heterocycles. The number of ketones is 1. The van der Waals surface area contributed by atoms with E-state index >= 15 is 0 Å². The van der Waals surface area contributed by atoms with Crippen molar-refractivity contribution in [2.24, 2.45) is 0 Å². The molecule has 1 unspecified atom stereocenters. The van der Waals surface area contributed by atoms with Crippen LogP contribution in [-0.2, 0) is 23.8 Å². The van der Waals surface area contributed by atoms with Gasteiger partial charge in [0, 0.05) is 13.7 Å². The Kier molecular flexibility index (Phi) is 5.52. The fraction of sp³-hybridized carbons (Fsp3) is 0.600. The lowest BCUT2D eigenvalue weighted by Crippen LogP contribution is -2.39. The number of nitrogens with one attached hydrogen (secondary N) is 1. The lowest BCUT2D eigenvalue weighted by Gasteiger charge is -2.16. The molecule has 1 atom stereocenters. The summed E-state index contributed by atoms with van der Waals surface area (Å²) in [5, 5.41) is 3.05. The Morgan fingerprint density at radius 3 is 3.06 bits per heavy atom. The van der Waals surface area contributed by atoms with Crippen molar-refractivity contribution in [3.8, 4) is 0 Å². The molecule has 0 aliphatic carbocycles. The first-order chi connectivity index (χ1) is 7.79. The molecule has 1 rings (SSSR count). The molecule has 1 heterocycles. The van der Waals surface area contributed by atoms with Crippen LogP contribution in [0.4, 0.5) is 0 Å². The van der Waals surface area contributed by atoms with E-state index in [1.165, 1.54) is 6.26 Å². The van der Waals surface area contributed by atoms with E-state index in [1.807, 2.05) is 0 Å². The van der Waals surface area contributed by atoms with Gasteiger partial charge in [0.1, 0.15) is 6.61 Å². The van der Waals surface area contributed by atoms with Crippen LogP contribution in [0.3, 0.4) is 0 Å². The molecule has 6 nitrogen and oxygen atoms in total. The van der Waals surface area contributed by atoms with Gasteiger partial charge in [-0.1, -0.05) is 0 Å². The monoisotopic (exact) mass is 229 g/mol. The van der Waals surface area contributed by atoms with E-state index in [9.17, 15) is 9.59 Å². The molecule has 0 saturated carbocycles. The topological polar surface area (TPSA) is 73.9 Å². The molecular weight excluding hydrogens is 214 g/mol. The van der Waals surface area contributed by atoms with Crippen LogP contribution in [0.15, 0.2) is 11.8 Å². The van der Waals surface area contributed by atoms with Gasteiger partial charge in [0.15, 0.2) is 6.61 Å². The van der Waals surface area contributed by atoms with E-state index in [0.29, 0.717) is 25.2 Å². The number of methoxy groups -OCH3 is 1. The summed E-state index contributed by atoms with van der Waals surface area (Å²) in [6, 6.07) is -0.338. The molecule has 0 aromatic rings. The third-order valence-corrected chi connectivity index (χ3v) is 2.15. The van der Waals surface area contributed by atoms with E-state index in [4.69, 9.17) is 9.47 Å². The molecule has 0 fully saturated rings. The fourth-order valence-electron chi connectivity index (χ4n) is 1.36. The van der Waals surface area contributed by atoms with Crippen LogP contribution in [0.1, 0.15) is 0 Å². The number of rotatable bonds is 8. The van der Waals surface area contributed by atoms with Crippen molar-refractivity contribution in [1.82, 2.24) is 5.32 Å². The lowest BCUT2D eigenvalue weighted by atomic mass is 10.1. The van der Waals surface area contributed by atoms with Gasteiger partial charge in [-0.3, -0.25) is 9.59 Å². The lowest BCUT2D eigenvalue weighted by molar-refractivity contribution is -0.129. The summed E-state index contributed by atoms with van der Waals surface area (Å²) in [5.41, 5.74) is 0.498. The van der Waals surface area contributed by atoms with Crippen molar-refractivity contribution in [1.29, 1.82) is 0 Å². The second-order valence-corrected chi connectivity index (χ2v) is 3.24. The Hall–Kier alpha value is -1.40. The van der Waals surface area contributed by atoms with Crippen molar-refractivity contribution in [3.63, 3.8) is 0 Å². The summed E-state index contributed by atoms with van der Waals surface area (Å²) in [4.78, 5) is 21.5. The van der Waals surface area contributed by atoms with E-state index < -0.39 is 0 Å². The molecule has 90 valence electrons. The predicted molar refractivity (Wildman–Crippen MR) is 54.7 cm³/mol. The maximum absolute atomic E-state index is 11.4. The Morgan fingerprint density at radius 1 is 1.69 bits per heavy atom. The Balaban J connectivity index is 2.48. The first-order valence-corrected chi connectivity index (χ1v) is 4.92. The highest BCUT2D eigenvalue weighted by Crippen LogP contribution is 2.11. The smallest absolute Gasteiger partial charge is 0.293 e. The SMILES string of the molecule is COCCNC(COC=O)C1=COCC1=O. The second-order valence-electron chi connectivity index (χ2n) is 3.24. The summed E-state index contributed by atoms with van der Waals surface area (Å²) >= 11 is 0. The quantitative estimate of drug-likeness (QED) is 0.436. The molecule has 1 aliphatic rings. The number of carbonyl (C=O) groups is 2. The number of carbonyl (C=O) groups excluding carboxylic acids is 2. The van der Waals surface area contributed by atoms with Crippen molar-refractivity contribution >= 4 is 12.3 Å². The van der Waals surface area contributed by atoms with Crippen LogP contribution in [0, 0.1) is 0 Å². The van der Waals surface area contributed by atoms with E-state index in [0.717, 1.165) is 0 Å². The highest BCUT2D eigenvalue weighted by Gasteiger charge is 2.25. The highest BCUT2D eigenvalue weighted by atomic mass is 16.5. The number of hydrogen-bond donors (Lipinski definition) is 1. The summed E-state index contributed by atoms with van der Waals surface area (Å²) in [5.74, 6) is -0.0931. The molecular formula is C10H15NO5. The van der Waals surface area contributed by atoms with Gasteiger partial charge in [-0.15, -0.1) is 0 Å². The minimum atomic E-state index is -0.338. The van der Waals surface area contributed by atoms with E-state index in [-0.39, 0.29) is 25.0 Å². The third-order valence-electron chi connectivity index (χ3n) is 2.15. The minimum absolute atomic E-state index is 0.0544. The zero-order valence-electron chi connectivity index (χ0n) is 9.10. The van der Waals surface area contributed by atoms with E-state index in [1.54, 1.807) is 7.11 Å². The van der Waals surface area contributed by atoms with Crippen LogP contribution < -0.4 is 5.32 Å². The molecule has 0 amide bonds. The van der Waals surface area contributed by atoms with Crippen molar-refractivity contribution in [3.05, 3.63) is 11.8 Å².